The summed E-state index contributed by atoms with van der Waals surface area (Å²) in [6, 6.07) is 0. The molecule has 0 fully saturated rings. The molecule has 1 aliphatic rings. The van der Waals surface area contributed by atoms with Gasteiger partial charge in [-0.25, -0.2) is 15.0 Å². The van der Waals surface area contributed by atoms with Gasteiger partial charge in [0.15, 0.2) is 0 Å². The molecule has 1 aliphatic heterocycles. The van der Waals surface area contributed by atoms with Gasteiger partial charge in [-0.05, 0) is 38.7 Å². The Kier molecular flexibility index (Phi) is 5.76. The van der Waals surface area contributed by atoms with Gasteiger partial charge >= 0.3 is 0 Å². The van der Waals surface area contributed by atoms with Crippen LogP contribution in [0.5, 0.6) is 0 Å². The Labute approximate surface area is 177 Å². The quantitative estimate of drug-likeness (QED) is 0.500. The molecule has 3 aromatic heterocycles. The summed E-state index contributed by atoms with van der Waals surface area (Å²) in [6.07, 6.45) is 6.93. The fraction of sp³-hybridized carbons (Fsp3) is 0.609. The summed E-state index contributed by atoms with van der Waals surface area (Å²) in [4.78, 5) is 18.1. The topological polar surface area (TPSA) is 51.1 Å². The summed E-state index contributed by atoms with van der Waals surface area (Å²) in [5.41, 5.74) is 4.79. The predicted molar refractivity (Wildman–Crippen MR) is 122 cm³/mol. The minimum Gasteiger partial charge on any atom is -0.370 e. The molecule has 29 heavy (non-hydrogen) atoms. The highest BCUT2D eigenvalue weighted by Crippen LogP contribution is 2.42. The summed E-state index contributed by atoms with van der Waals surface area (Å²) in [6.45, 7) is 13.7. The molecule has 5 nitrogen and oxygen atoms in total. The molecule has 0 saturated carbocycles. The van der Waals surface area contributed by atoms with Gasteiger partial charge in [-0.3, -0.25) is 0 Å². The van der Waals surface area contributed by atoms with Crippen molar-refractivity contribution in [1.82, 2.24) is 15.0 Å². The van der Waals surface area contributed by atoms with Gasteiger partial charge in [0, 0.05) is 36.2 Å². The van der Waals surface area contributed by atoms with Crippen molar-refractivity contribution in [2.24, 2.45) is 0 Å². The number of anilines is 1. The van der Waals surface area contributed by atoms with E-state index in [2.05, 4.69) is 39.5 Å². The lowest BCUT2D eigenvalue weighted by Crippen LogP contribution is -2.32. The Balaban J connectivity index is 1.99. The van der Waals surface area contributed by atoms with Gasteiger partial charge in [0.25, 0.3) is 0 Å². The number of aromatic nitrogens is 3. The van der Waals surface area contributed by atoms with Gasteiger partial charge in [-0.15, -0.1) is 11.3 Å². The first-order valence-corrected chi connectivity index (χ1v) is 11.8. The van der Waals surface area contributed by atoms with E-state index >= 15 is 0 Å². The number of rotatable bonds is 7. The molecule has 0 aliphatic carbocycles. The fourth-order valence-electron chi connectivity index (χ4n) is 4.39. The zero-order valence-corrected chi connectivity index (χ0v) is 19.2. The lowest BCUT2D eigenvalue weighted by molar-refractivity contribution is -0.0401. The first-order chi connectivity index (χ1) is 14.0. The van der Waals surface area contributed by atoms with E-state index in [-0.39, 0.29) is 5.60 Å². The number of thiophene rings is 1. The van der Waals surface area contributed by atoms with Crippen LogP contribution in [0.2, 0.25) is 0 Å². The van der Waals surface area contributed by atoms with Crippen molar-refractivity contribution in [2.45, 2.75) is 78.9 Å². The smallest absolute Gasteiger partial charge is 0.150 e. The van der Waals surface area contributed by atoms with Crippen molar-refractivity contribution in [3.63, 3.8) is 0 Å². The third-order valence-electron chi connectivity index (χ3n) is 5.67. The Bertz CT molecular complexity index is 1020. The number of hydrogen-bond acceptors (Lipinski definition) is 6. The molecule has 0 aromatic carbocycles. The number of nitrogens with zero attached hydrogens (tertiary/aromatic N) is 4. The summed E-state index contributed by atoms with van der Waals surface area (Å²) in [5, 5.41) is 1.23. The Hall–Kier alpha value is -1.79. The molecular formula is C23H32N4OS. The number of aryl methyl sites for hydroxylation is 1. The summed E-state index contributed by atoms with van der Waals surface area (Å²) in [7, 11) is 0. The van der Waals surface area contributed by atoms with Crippen molar-refractivity contribution >= 4 is 37.6 Å². The highest BCUT2D eigenvalue weighted by Gasteiger charge is 2.31. The van der Waals surface area contributed by atoms with Gasteiger partial charge in [0.2, 0.25) is 0 Å². The maximum atomic E-state index is 6.16. The molecule has 156 valence electrons. The second-order valence-electron chi connectivity index (χ2n) is 8.64. The maximum Gasteiger partial charge on any atom is 0.150 e. The van der Waals surface area contributed by atoms with Crippen LogP contribution in [0.1, 0.15) is 70.7 Å². The SMILES string of the molecule is CCCc1nc2sc3c(N(CCC)CCC)ncnc3c2c2c1COC(C)(C)C2. The van der Waals surface area contributed by atoms with Crippen LogP contribution >= 0.6 is 11.3 Å². The summed E-state index contributed by atoms with van der Waals surface area (Å²) in [5.74, 6) is 1.07. The molecule has 0 N–H and O–H groups in total. The van der Waals surface area contributed by atoms with Crippen molar-refractivity contribution < 1.29 is 4.74 Å². The lowest BCUT2D eigenvalue weighted by atomic mass is 9.88. The molecule has 0 saturated heterocycles. The van der Waals surface area contributed by atoms with Crippen LogP contribution in [0.15, 0.2) is 6.33 Å². The summed E-state index contributed by atoms with van der Waals surface area (Å²) < 4.78 is 7.34. The standard InChI is InChI=1S/C23H32N4OS/c1-6-9-17-16-13-28-23(4,5)12-15(16)18-19-20(29-22(18)26-17)21(25-14-24-19)27(10-7-2)11-8-3/h14H,6-13H2,1-5H3. The van der Waals surface area contributed by atoms with E-state index in [1.807, 2.05) is 0 Å². The predicted octanol–water partition coefficient (Wildman–Crippen LogP) is 5.67. The fourth-order valence-corrected chi connectivity index (χ4v) is 5.59. The zero-order chi connectivity index (χ0) is 20.6. The minimum absolute atomic E-state index is 0.161. The van der Waals surface area contributed by atoms with Crippen LogP contribution in [0.4, 0.5) is 5.82 Å². The number of hydrogen-bond donors (Lipinski definition) is 0. The van der Waals surface area contributed by atoms with E-state index in [4.69, 9.17) is 19.7 Å². The average molecular weight is 413 g/mol. The van der Waals surface area contributed by atoms with Crippen molar-refractivity contribution in [1.29, 1.82) is 0 Å². The highest BCUT2D eigenvalue weighted by atomic mass is 32.1. The van der Waals surface area contributed by atoms with Crippen LogP contribution in [0, 0.1) is 0 Å². The molecule has 6 heteroatoms. The largest absolute Gasteiger partial charge is 0.370 e. The molecule has 3 aromatic rings. The summed E-state index contributed by atoms with van der Waals surface area (Å²) >= 11 is 1.76. The first-order valence-electron chi connectivity index (χ1n) is 11.0. The monoisotopic (exact) mass is 412 g/mol. The molecule has 4 rings (SSSR count). The van der Waals surface area contributed by atoms with Crippen LogP contribution in [-0.4, -0.2) is 33.6 Å². The second-order valence-corrected chi connectivity index (χ2v) is 9.63. The van der Waals surface area contributed by atoms with Gasteiger partial charge in [0.05, 0.1) is 22.4 Å². The second kappa shape index (κ2) is 8.15. The van der Waals surface area contributed by atoms with Crippen LogP contribution in [-0.2, 0) is 24.2 Å². The Morgan fingerprint density at radius 2 is 1.83 bits per heavy atom. The molecule has 0 spiro atoms. The maximum absolute atomic E-state index is 6.16. The molecule has 0 atom stereocenters. The molecule has 4 heterocycles. The minimum atomic E-state index is -0.161. The molecule has 0 amide bonds. The van der Waals surface area contributed by atoms with Crippen LogP contribution < -0.4 is 4.90 Å². The number of ether oxygens (including phenoxy) is 1. The third kappa shape index (κ3) is 3.73. The molecular weight excluding hydrogens is 380 g/mol. The van der Waals surface area contributed by atoms with Gasteiger partial charge in [-0.2, -0.15) is 0 Å². The van der Waals surface area contributed by atoms with E-state index in [9.17, 15) is 0 Å². The van der Waals surface area contributed by atoms with Crippen molar-refractivity contribution in [3.8, 4) is 0 Å². The normalized spacial score (nSPS) is 15.8. The number of fused-ring (bicyclic) bond motifs is 5. The Morgan fingerprint density at radius 1 is 1.07 bits per heavy atom. The van der Waals surface area contributed by atoms with E-state index in [1.165, 1.54) is 26.9 Å². The van der Waals surface area contributed by atoms with E-state index in [0.29, 0.717) is 6.61 Å². The van der Waals surface area contributed by atoms with Crippen LogP contribution in [0.3, 0.4) is 0 Å². The molecule has 0 bridgehead atoms. The first kappa shape index (κ1) is 20.5. The third-order valence-corrected chi connectivity index (χ3v) is 6.74. The van der Waals surface area contributed by atoms with Gasteiger partial charge in [-0.1, -0.05) is 27.2 Å². The lowest BCUT2D eigenvalue weighted by Gasteiger charge is -2.33. The van der Waals surface area contributed by atoms with Gasteiger partial charge in [0.1, 0.15) is 17.0 Å². The number of pyridine rings is 1. The van der Waals surface area contributed by atoms with Crippen molar-refractivity contribution in [3.05, 3.63) is 23.1 Å². The van der Waals surface area contributed by atoms with E-state index < -0.39 is 0 Å². The Morgan fingerprint density at radius 3 is 2.52 bits per heavy atom. The van der Waals surface area contributed by atoms with E-state index in [1.54, 1.807) is 17.7 Å². The van der Waals surface area contributed by atoms with Crippen LogP contribution in [0.25, 0.3) is 20.4 Å². The zero-order valence-electron chi connectivity index (χ0n) is 18.3. The molecule has 0 unspecified atom stereocenters. The highest BCUT2D eigenvalue weighted by molar-refractivity contribution is 7.26. The average Bonchev–Trinajstić information content (AvgIpc) is 3.06. The van der Waals surface area contributed by atoms with Crippen molar-refractivity contribution in [2.75, 3.05) is 18.0 Å². The van der Waals surface area contributed by atoms with E-state index in [0.717, 1.165) is 61.4 Å². The molecule has 0 radical (unpaired) electrons. The van der Waals surface area contributed by atoms with Gasteiger partial charge < -0.3 is 9.64 Å².